The normalized spacial score (nSPS) is 29.5. The van der Waals surface area contributed by atoms with Crippen LogP contribution < -0.4 is 4.90 Å². The Bertz CT molecular complexity index is 546. The molecule has 2 fully saturated rings. The van der Waals surface area contributed by atoms with Gasteiger partial charge in [-0.1, -0.05) is 6.42 Å². The Balaban J connectivity index is 1.85. The van der Waals surface area contributed by atoms with Crippen molar-refractivity contribution in [2.75, 3.05) is 18.0 Å². The molecule has 1 aliphatic carbocycles. The lowest BCUT2D eigenvalue weighted by Crippen LogP contribution is -2.35. The zero-order valence-corrected chi connectivity index (χ0v) is 10.9. The zero-order chi connectivity index (χ0) is 13.6. The third kappa shape index (κ3) is 1.78. The summed E-state index contributed by atoms with van der Waals surface area (Å²) in [7, 11) is 0. The van der Waals surface area contributed by atoms with Gasteiger partial charge in [0.05, 0.1) is 10.3 Å². The van der Waals surface area contributed by atoms with Crippen molar-refractivity contribution in [3.8, 4) is 0 Å². The van der Waals surface area contributed by atoms with Crippen LogP contribution in [-0.2, 0) is 4.79 Å². The highest BCUT2D eigenvalue weighted by Gasteiger charge is 2.55. The van der Waals surface area contributed by atoms with Gasteiger partial charge in [0, 0.05) is 13.1 Å². The number of aliphatic carboxylic acids is 1. The Morgan fingerprint density at radius 1 is 1.68 bits per heavy atom. The molecule has 0 radical (unpaired) electrons. The number of hydrogen-bond acceptors (Lipinski definition) is 6. The molecule has 19 heavy (non-hydrogen) atoms. The average Bonchev–Trinajstić information content (AvgIpc) is 3.01. The van der Waals surface area contributed by atoms with Crippen LogP contribution in [0.3, 0.4) is 0 Å². The predicted octanol–water partition coefficient (Wildman–Crippen LogP) is 1.74. The smallest absolute Gasteiger partial charge is 0.345 e. The standard InChI is InChI=1S/C11H13N3O4S/c15-9(16)11-3-1-2-7(11)5-13(6-11)10-12-4-8(19-10)14(17)18/h4,7H,1-3,5-6H2,(H,15,16)/t7-,11+/m0/s1. The minimum atomic E-state index is -0.747. The summed E-state index contributed by atoms with van der Waals surface area (Å²) < 4.78 is 0. The third-order valence-electron chi connectivity index (χ3n) is 4.23. The van der Waals surface area contributed by atoms with E-state index in [1.807, 2.05) is 4.90 Å². The fourth-order valence-corrected chi connectivity index (χ4v) is 4.01. The number of carbonyl (C=O) groups is 1. The van der Waals surface area contributed by atoms with E-state index in [2.05, 4.69) is 4.98 Å². The largest absolute Gasteiger partial charge is 0.481 e. The molecule has 0 aromatic carbocycles. The van der Waals surface area contributed by atoms with Crippen molar-refractivity contribution in [2.24, 2.45) is 11.3 Å². The van der Waals surface area contributed by atoms with E-state index in [0.717, 1.165) is 24.2 Å². The molecule has 0 unspecified atom stereocenters. The number of carboxylic acid groups (broad SMARTS) is 1. The third-order valence-corrected chi connectivity index (χ3v) is 5.24. The van der Waals surface area contributed by atoms with Gasteiger partial charge in [-0.2, -0.15) is 0 Å². The lowest BCUT2D eigenvalue weighted by atomic mass is 9.81. The molecule has 7 nitrogen and oxygen atoms in total. The van der Waals surface area contributed by atoms with E-state index in [-0.39, 0.29) is 10.9 Å². The Labute approximate surface area is 113 Å². The Morgan fingerprint density at radius 2 is 2.47 bits per heavy atom. The molecule has 2 heterocycles. The number of rotatable bonds is 3. The Hall–Kier alpha value is -1.70. The topological polar surface area (TPSA) is 96.6 Å². The quantitative estimate of drug-likeness (QED) is 0.670. The molecule has 2 atom stereocenters. The molecule has 8 heteroatoms. The van der Waals surface area contributed by atoms with E-state index in [1.54, 1.807) is 0 Å². The highest BCUT2D eigenvalue weighted by Crippen LogP contribution is 2.50. The summed E-state index contributed by atoms with van der Waals surface area (Å²) in [6.45, 7) is 1.05. The maximum Gasteiger partial charge on any atom is 0.345 e. The van der Waals surface area contributed by atoms with Gasteiger partial charge < -0.3 is 10.0 Å². The number of anilines is 1. The molecule has 102 valence electrons. The van der Waals surface area contributed by atoms with Gasteiger partial charge in [0.15, 0.2) is 5.13 Å². The van der Waals surface area contributed by atoms with Crippen molar-refractivity contribution in [2.45, 2.75) is 19.3 Å². The summed E-state index contributed by atoms with van der Waals surface area (Å²) in [6.07, 6.45) is 3.79. The second-order valence-corrected chi connectivity index (χ2v) is 6.16. The summed E-state index contributed by atoms with van der Waals surface area (Å²) in [5.74, 6) is -0.614. The van der Waals surface area contributed by atoms with E-state index < -0.39 is 16.3 Å². The molecule has 0 spiro atoms. The maximum atomic E-state index is 11.5. The first-order valence-corrected chi connectivity index (χ1v) is 6.93. The lowest BCUT2D eigenvalue weighted by molar-refractivity contribution is -0.380. The minimum Gasteiger partial charge on any atom is -0.481 e. The molecule has 1 saturated heterocycles. The first-order valence-electron chi connectivity index (χ1n) is 6.11. The maximum absolute atomic E-state index is 11.5. The predicted molar refractivity (Wildman–Crippen MR) is 68.4 cm³/mol. The molecule has 1 aliphatic heterocycles. The van der Waals surface area contributed by atoms with Crippen molar-refractivity contribution in [3.63, 3.8) is 0 Å². The van der Waals surface area contributed by atoms with Gasteiger partial charge in [-0.05, 0) is 30.1 Å². The van der Waals surface area contributed by atoms with Crippen LogP contribution in [0.1, 0.15) is 19.3 Å². The van der Waals surface area contributed by atoms with Crippen LogP contribution in [-0.4, -0.2) is 34.1 Å². The second-order valence-electron chi connectivity index (χ2n) is 5.17. The molecule has 2 aliphatic rings. The Morgan fingerprint density at radius 3 is 3.05 bits per heavy atom. The number of nitro groups is 1. The fourth-order valence-electron chi connectivity index (χ4n) is 3.27. The zero-order valence-electron chi connectivity index (χ0n) is 10.1. The van der Waals surface area contributed by atoms with Crippen LogP contribution in [0.5, 0.6) is 0 Å². The van der Waals surface area contributed by atoms with Crippen molar-refractivity contribution in [3.05, 3.63) is 16.3 Å². The number of carboxylic acids is 1. The van der Waals surface area contributed by atoms with Crippen molar-refractivity contribution in [1.82, 2.24) is 4.98 Å². The van der Waals surface area contributed by atoms with Crippen LogP contribution in [0.4, 0.5) is 10.1 Å². The van der Waals surface area contributed by atoms with Gasteiger partial charge >= 0.3 is 11.0 Å². The van der Waals surface area contributed by atoms with Crippen molar-refractivity contribution >= 4 is 27.4 Å². The number of fused-ring (bicyclic) bond motifs is 1. The number of aromatic nitrogens is 1. The van der Waals surface area contributed by atoms with E-state index in [4.69, 9.17) is 0 Å². The van der Waals surface area contributed by atoms with Gasteiger partial charge in [0.2, 0.25) is 0 Å². The van der Waals surface area contributed by atoms with E-state index in [1.165, 1.54) is 6.20 Å². The Kier molecular flexibility index (Phi) is 2.70. The number of hydrogen-bond donors (Lipinski definition) is 1. The first-order chi connectivity index (χ1) is 9.03. The van der Waals surface area contributed by atoms with Crippen molar-refractivity contribution < 1.29 is 14.8 Å². The molecule has 0 amide bonds. The number of nitrogens with zero attached hydrogens (tertiary/aromatic N) is 3. The molecule has 0 bridgehead atoms. The highest BCUT2D eigenvalue weighted by atomic mass is 32.1. The SMILES string of the molecule is O=C(O)[C@@]12CCC[C@H]1CN(c1ncc([N+](=O)[O-])s1)C2. The van der Waals surface area contributed by atoms with Gasteiger partial charge in [-0.15, -0.1) is 0 Å². The highest BCUT2D eigenvalue weighted by molar-refractivity contribution is 7.18. The van der Waals surface area contributed by atoms with Crippen molar-refractivity contribution in [1.29, 1.82) is 0 Å². The lowest BCUT2D eigenvalue weighted by Gasteiger charge is -2.22. The summed E-state index contributed by atoms with van der Waals surface area (Å²) in [6, 6.07) is 0. The van der Waals surface area contributed by atoms with E-state index >= 15 is 0 Å². The van der Waals surface area contributed by atoms with Crippen LogP contribution in [0.25, 0.3) is 0 Å². The molecular weight excluding hydrogens is 270 g/mol. The first kappa shape index (κ1) is 12.3. The van der Waals surface area contributed by atoms with Gasteiger partial charge in [-0.25, -0.2) is 4.98 Å². The summed E-state index contributed by atoms with van der Waals surface area (Å²) in [4.78, 5) is 27.7. The molecule has 1 saturated carbocycles. The van der Waals surface area contributed by atoms with E-state index in [0.29, 0.717) is 24.6 Å². The fraction of sp³-hybridized carbons (Fsp3) is 0.636. The minimum absolute atomic E-state index is 0.00330. The monoisotopic (exact) mass is 283 g/mol. The van der Waals surface area contributed by atoms with Crippen LogP contribution in [0.15, 0.2) is 6.20 Å². The van der Waals surface area contributed by atoms with Gasteiger partial charge in [0.1, 0.15) is 6.20 Å². The molecule has 3 rings (SSSR count). The molecule has 1 N–H and O–H groups in total. The average molecular weight is 283 g/mol. The number of thiazole rings is 1. The summed E-state index contributed by atoms with van der Waals surface area (Å²) in [5.41, 5.74) is -0.680. The molecular formula is C11H13N3O4S. The van der Waals surface area contributed by atoms with Gasteiger partial charge in [-0.3, -0.25) is 14.9 Å². The van der Waals surface area contributed by atoms with Crippen LogP contribution in [0.2, 0.25) is 0 Å². The van der Waals surface area contributed by atoms with Crippen LogP contribution in [0, 0.1) is 21.4 Å². The summed E-state index contributed by atoms with van der Waals surface area (Å²) in [5, 5.41) is 20.7. The van der Waals surface area contributed by atoms with Gasteiger partial charge in [0.25, 0.3) is 0 Å². The second kappa shape index (κ2) is 4.16. The molecule has 1 aromatic heterocycles. The van der Waals surface area contributed by atoms with Crippen LogP contribution >= 0.6 is 11.3 Å². The molecule has 1 aromatic rings. The summed E-state index contributed by atoms with van der Waals surface area (Å²) >= 11 is 1.01. The van der Waals surface area contributed by atoms with E-state index in [9.17, 15) is 20.0 Å².